The van der Waals surface area contributed by atoms with Crippen LogP contribution in [0.4, 0.5) is 5.69 Å². The molecule has 4 rings (SSSR count). The summed E-state index contributed by atoms with van der Waals surface area (Å²) in [5, 5.41) is 29.0. The van der Waals surface area contributed by atoms with Gasteiger partial charge in [0.25, 0.3) is 5.69 Å². The summed E-state index contributed by atoms with van der Waals surface area (Å²) < 4.78 is 27.7. The van der Waals surface area contributed by atoms with Crippen LogP contribution in [0.3, 0.4) is 0 Å². The van der Waals surface area contributed by atoms with Crippen molar-refractivity contribution < 1.29 is 33.3 Å². The van der Waals surface area contributed by atoms with Crippen LogP contribution in [0.15, 0.2) is 18.2 Å². The molecular formula is C11H11N4O8P. The van der Waals surface area contributed by atoms with Gasteiger partial charge in [0.1, 0.15) is 18.3 Å². The van der Waals surface area contributed by atoms with Gasteiger partial charge in [-0.1, -0.05) is 11.3 Å². The minimum absolute atomic E-state index is 0.0400. The number of nitro benzene ring substituents is 1. The lowest BCUT2D eigenvalue weighted by Gasteiger charge is -2.27. The molecule has 24 heavy (non-hydrogen) atoms. The maximum atomic E-state index is 11.5. The maximum absolute atomic E-state index is 11.5. The quantitative estimate of drug-likeness (QED) is 0.428. The average molecular weight is 358 g/mol. The molecule has 12 nitrogen and oxygen atoms in total. The van der Waals surface area contributed by atoms with Crippen LogP contribution in [0.1, 0.15) is 6.23 Å². The predicted molar refractivity (Wildman–Crippen MR) is 74.7 cm³/mol. The van der Waals surface area contributed by atoms with Crippen molar-refractivity contribution in [2.45, 2.75) is 24.5 Å². The molecule has 2 aromatic rings. The molecule has 2 aliphatic heterocycles. The molecule has 2 saturated heterocycles. The number of fused-ring (bicyclic) bond motifs is 2. The van der Waals surface area contributed by atoms with Crippen LogP contribution >= 0.6 is 7.82 Å². The highest BCUT2D eigenvalue weighted by Crippen LogP contribution is 2.52. The van der Waals surface area contributed by atoms with Crippen molar-refractivity contribution in [2.24, 2.45) is 0 Å². The van der Waals surface area contributed by atoms with Gasteiger partial charge in [0.05, 0.1) is 17.0 Å². The molecule has 0 aliphatic carbocycles. The molecule has 1 aromatic carbocycles. The SMILES string of the molecule is O=[N+]([O-])c1cccc2c1nnn2C1OC2COP(=O)(O)O[C@H]2C1O. The largest absolute Gasteiger partial charge is 0.472 e. The molecule has 2 N–H and O–H groups in total. The highest BCUT2D eigenvalue weighted by Gasteiger charge is 2.53. The molecule has 0 spiro atoms. The molecule has 13 heteroatoms. The van der Waals surface area contributed by atoms with Gasteiger partial charge in [0, 0.05) is 6.07 Å². The van der Waals surface area contributed by atoms with Crippen molar-refractivity contribution in [2.75, 3.05) is 6.61 Å². The van der Waals surface area contributed by atoms with E-state index in [2.05, 4.69) is 14.8 Å². The summed E-state index contributed by atoms with van der Waals surface area (Å²) in [5.41, 5.74) is 0.0845. The normalized spacial score (nSPS) is 35.9. The number of aromatic nitrogens is 3. The zero-order valence-electron chi connectivity index (χ0n) is 11.8. The van der Waals surface area contributed by atoms with E-state index in [1.807, 2.05) is 0 Å². The van der Waals surface area contributed by atoms with Gasteiger partial charge in [-0.2, -0.15) is 0 Å². The first-order valence-electron chi connectivity index (χ1n) is 6.85. The number of benzene rings is 1. The number of hydrogen-bond acceptors (Lipinski definition) is 9. The van der Waals surface area contributed by atoms with E-state index < -0.39 is 37.3 Å². The summed E-state index contributed by atoms with van der Waals surface area (Å²) in [6.45, 7) is -0.237. The summed E-state index contributed by atoms with van der Waals surface area (Å²) in [6, 6.07) is 4.27. The number of rotatable bonds is 2. The van der Waals surface area contributed by atoms with Gasteiger partial charge in [-0.05, 0) is 6.07 Å². The molecule has 0 radical (unpaired) electrons. The van der Waals surface area contributed by atoms with Crippen LogP contribution in [-0.4, -0.2) is 54.8 Å². The van der Waals surface area contributed by atoms with Gasteiger partial charge in [-0.25, -0.2) is 9.25 Å². The number of nitrogens with zero attached hydrogens (tertiary/aromatic N) is 4. The van der Waals surface area contributed by atoms with Crippen LogP contribution in [-0.2, 0) is 18.3 Å². The summed E-state index contributed by atoms with van der Waals surface area (Å²) in [5.74, 6) is 0. The Morgan fingerprint density at radius 1 is 1.46 bits per heavy atom. The number of ether oxygens (including phenoxy) is 1. The molecule has 0 amide bonds. The number of aliphatic hydroxyl groups is 1. The van der Waals surface area contributed by atoms with E-state index in [4.69, 9.17) is 9.26 Å². The van der Waals surface area contributed by atoms with Gasteiger partial charge >= 0.3 is 7.82 Å². The number of phosphoric ester groups is 1. The molecule has 2 fully saturated rings. The molecule has 4 unspecified atom stereocenters. The minimum atomic E-state index is -4.24. The Morgan fingerprint density at radius 3 is 3.00 bits per heavy atom. The molecule has 3 heterocycles. The van der Waals surface area contributed by atoms with Crippen LogP contribution in [0.2, 0.25) is 0 Å². The Morgan fingerprint density at radius 2 is 2.25 bits per heavy atom. The Labute approximate surface area is 133 Å². The third kappa shape index (κ3) is 2.32. The zero-order chi connectivity index (χ0) is 17.1. The summed E-state index contributed by atoms with van der Waals surface area (Å²) >= 11 is 0. The summed E-state index contributed by atoms with van der Waals surface area (Å²) in [7, 11) is -4.24. The van der Waals surface area contributed by atoms with Crippen molar-refractivity contribution in [3.8, 4) is 0 Å². The Balaban J connectivity index is 1.73. The van der Waals surface area contributed by atoms with Gasteiger partial charge in [-0.15, -0.1) is 5.10 Å². The standard InChI is InChI=1S/C11H11N4O8P/c16-9-10-7(4-21-24(19,20)23-10)22-11(9)14-5-2-1-3-6(15(17)18)8(5)12-13-14/h1-3,7,9-11,16H,4H2,(H,19,20)/t7?,9?,10-,11?/m1/s1. The second-order valence-corrected chi connectivity index (χ2v) is 6.73. The van der Waals surface area contributed by atoms with Crippen LogP contribution in [0.25, 0.3) is 11.0 Å². The highest BCUT2D eigenvalue weighted by molar-refractivity contribution is 7.47. The average Bonchev–Trinajstić information content (AvgIpc) is 3.08. The Kier molecular flexibility index (Phi) is 3.42. The lowest BCUT2D eigenvalue weighted by atomic mass is 10.1. The Bertz CT molecular complexity index is 871. The third-order valence-electron chi connectivity index (χ3n) is 3.89. The number of aliphatic hydroxyl groups excluding tert-OH is 1. The fourth-order valence-corrected chi connectivity index (χ4v) is 3.79. The second kappa shape index (κ2) is 5.28. The number of hydrogen-bond donors (Lipinski definition) is 2. The van der Waals surface area contributed by atoms with E-state index in [9.17, 15) is 24.7 Å². The van der Waals surface area contributed by atoms with Gasteiger partial charge in [0.2, 0.25) is 0 Å². The van der Waals surface area contributed by atoms with Crippen molar-refractivity contribution in [1.82, 2.24) is 15.0 Å². The topological polar surface area (TPSA) is 159 Å². The van der Waals surface area contributed by atoms with Crippen molar-refractivity contribution >= 4 is 24.5 Å². The summed E-state index contributed by atoms with van der Waals surface area (Å²) in [4.78, 5) is 19.8. The van der Waals surface area contributed by atoms with Gasteiger partial charge in [0.15, 0.2) is 11.7 Å². The zero-order valence-corrected chi connectivity index (χ0v) is 12.7. The van der Waals surface area contributed by atoms with E-state index in [1.54, 1.807) is 0 Å². The van der Waals surface area contributed by atoms with Crippen LogP contribution < -0.4 is 0 Å². The molecule has 128 valence electrons. The molecule has 1 aromatic heterocycles. The smallest absolute Gasteiger partial charge is 0.385 e. The predicted octanol–water partition coefficient (Wildman–Crippen LogP) is 0.114. The fraction of sp³-hybridized carbons (Fsp3) is 0.455. The van der Waals surface area contributed by atoms with Crippen molar-refractivity contribution in [1.29, 1.82) is 0 Å². The first-order chi connectivity index (χ1) is 11.4. The number of non-ortho nitro benzene ring substituents is 1. The van der Waals surface area contributed by atoms with E-state index in [-0.39, 0.29) is 23.3 Å². The van der Waals surface area contributed by atoms with E-state index in [0.717, 1.165) is 0 Å². The van der Waals surface area contributed by atoms with Crippen LogP contribution in [0, 0.1) is 10.1 Å². The first-order valence-corrected chi connectivity index (χ1v) is 8.34. The second-order valence-electron chi connectivity index (χ2n) is 5.33. The van der Waals surface area contributed by atoms with E-state index >= 15 is 0 Å². The highest BCUT2D eigenvalue weighted by atomic mass is 31.2. The molecule has 5 atom stereocenters. The van der Waals surface area contributed by atoms with Gasteiger partial charge in [-0.3, -0.25) is 19.2 Å². The number of nitro groups is 1. The molecule has 0 bridgehead atoms. The number of phosphoric acid groups is 1. The first kappa shape index (κ1) is 15.6. The molecular weight excluding hydrogens is 347 g/mol. The van der Waals surface area contributed by atoms with Crippen molar-refractivity contribution in [3.63, 3.8) is 0 Å². The van der Waals surface area contributed by atoms with Crippen LogP contribution in [0.5, 0.6) is 0 Å². The monoisotopic (exact) mass is 358 g/mol. The van der Waals surface area contributed by atoms with E-state index in [0.29, 0.717) is 0 Å². The molecule has 2 aliphatic rings. The van der Waals surface area contributed by atoms with Gasteiger partial charge < -0.3 is 14.7 Å². The lowest BCUT2D eigenvalue weighted by Crippen LogP contribution is -2.39. The lowest BCUT2D eigenvalue weighted by molar-refractivity contribution is -0.383. The summed E-state index contributed by atoms with van der Waals surface area (Å²) in [6.07, 6.45) is -4.29. The fourth-order valence-electron chi connectivity index (χ4n) is 2.82. The maximum Gasteiger partial charge on any atom is 0.472 e. The van der Waals surface area contributed by atoms with E-state index in [1.165, 1.54) is 22.9 Å². The third-order valence-corrected chi connectivity index (χ3v) is 4.87. The molecule has 0 saturated carbocycles. The Hall–Kier alpha value is -1.95. The van der Waals surface area contributed by atoms with Crippen molar-refractivity contribution in [3.05, 3.63) is 28.3 Å². The minimum Gasteiger partial charge on any atom is -0.385 e.